The zero-order valence-electron chi connectivity index (χ0n) is 14.4. The predicted octanol–water partition coefficient (Wildman–Crippen LogP) is 1.85. The van der Waals surface area contributed by atoms with E-state index in [-0.39, 0.29) is 44.3 Å². The van der Waals surface area contributed by atoms with Gasteiger partial charge in [-0.05, 0) is 11.1 Å². The molecule has 6 nitrogen and oxygen atoms in total. The summed E-state index contributed by atoms with van der Waals surface area (Å²) < 4.78 is 0. The van der Waals surface area contributed by atoms with Crippen molar-refractivity contribution in [3.8, 4) is 0 Å². The molecule has 2 amide bonds. The van der Waals surface area contributed by atoms with Crippen LogP contribution in [-0.2, 0) is 27.3 Å². The Bertz CT molecular complexity index is 732. The number of hydrogen-bond donors (Lipinski definition) is 2. The van der Waals surface area contributed by atoms with Crippen LogP contribution in [0.25, 0.3) is 0 Å². The van der Waals surface area contributed by atoms with Crippen LogP contribution in [0.5, 0.6) is 0 Å². The van der Waals surface area contributed by atoms with Crippen molar-refractivity contribution in [2.24, 2.45) is 0 Å². The minimum atomic E-state index is -1.07. The number of carbonyl (C=O) groups excluding carboxylic acids is 2. The van der Waals surface area contributed by atoms with E-state index >= 15 is 0 Å². The van der Waals surface area contributed by atoms with Crippen LogP contribution in [0, 0.1) is 0 Å². The third-order valence-electron chi connectivity index (χ3n) is 3.76. The molecule has 26 heavy (non-hydrogen) atoms. The van der Waals surface area contributed by atoms with Gasteiger partial charge >= 0.3 is 5.97 Å². The predicted molar refractivity (Wildman–Crippen MR) is 97.3 cm³/mol. The van der Waals surface area contributed by atoms with Crippen molar-refractivity contribution in [2.45, 2.75) is 19.4 Å². The molecule has 0 aliphatic heterocycles. The molecule has 0 heterocycles. The van der Waals surface area contributed by atoms with E-state index in [1.54, 1.807) is 0 Å². The first-order valence-corrected chi connectivity index (χ1v) is 8.38. The number of nitrogens with one attached hydrogen (secondary N) is 1. The van der Waals surface area contributed by atoms with Crippen LogP contribution in [0.2, 0.25) is 0 Å². The number of hydrogen-bond acceptors (Lipinski definition) is 3. The van der Waals surface area contributed by atoms with Gasteiger partial charge in [0.25, 0.3) is 0 Å². The molecule has 0 fully saturated rings. The summed E-state index contributed by atoms with van der Waals surface area (Å²) in [5, 5.41) is 11.7. The summed E-state index contributed by atoms with van der Waals surface area (Å²) in [6, 6.07) is 18.5. The molecule has 0 atom stereocenters. The Morgan fingerprint density at radius 1 is 0.885 bits per heavy atom. The average Bonchev–Trinajstić information content (AvgIpc) is 2.62. The Labute approximate surface area is 152 Å². The van der Waals surface area contributed by atoms with Crippen LogP contribution >= 0.6 is 0 Å². The standard InChI is InChI=1S/C20H22N2O4/c23-18(13-16-7-3-1-4-8-16)21-12-11-19(24)22(15-20(25)26)14-17-9-5-2-6-10-17/h1-10H,11-15H2,(H,21,23)(H,25,26). The summed E-state index contributed by atoms with van der Waals surface area (Å²) in [5.41, 5.74) is 1.75. The van der Waals surface area contributed by atoms with Crippen LogP contribution in [0.1, 0.15) is 17.5 Å². The molecule has 0 radical (unpaired) electrons. The zero-order valence-corrected chi connectivity index (χ0v) is 14.4. The molecule has 0 saturated carbocycles. The van der Waals surface area contributed by atoms with E-state index in [9.17, 15) is 14.4 Å². The van der Waals surface area contributed by atoms with Crippen LogP contribution in [-0.4, -0.2) is 40.9 Å². The van der Waals surface area contributed by atoms with E-state index < -0.39 is 5.97 Å². The monoisotopic (exact) mass is 354 g/mol. The molecule has 0 bridgehead atoms. The Morgan fingerprint density at radius 3 is 2.04 bits per heavy atom. The van der Waals surface area contributed by atoms with Gasteiger partial charge in [0, 0.05) is 19.5 Å². The Morgan fingerprint density at radius 2 is 1.46 bits per heavy atom. The van der Waals surface area contributed by atoms with Gasteiger partial charge in [0.1, 0.15) is 6.54 Å². The average molecular weight is 354 g/mol. The fourth-order valence-electron chi connectivity index (χ4n) is 2.51. The molecule has 2 rings (SSSR count). The van der Waals surface area contributed by atoms with Crippen molar-refractivity contribution in [1.29, 1.82) is 0 Å². The molecular formula is C20H22N2O4. The molecule has 0 saturated heterocycles. The summed E-state index contributed by atoms with van der Waals surface area (Å²) in [5.74, 6) is -1.55. The Hall–Kier alpha value is -3.15. The first-order chi connectivity index (χ1) is 12.5. The fraction of sp³-hybridized carbons (Fsp3) is 0.250. The molecular weight excluding hydrogens is 332 g/mol. The van der Waals surface area contributed by atoms with Gasteiger partial charge in [-0.3, -0.25) is 14.4 Å². The van der Waals surface area contributed by atoms with Crippen molar-refractivity contribution >= 4 is 17.8 Å². The largest absolute Gasteiger partial charge is 0.480 e. The molecule has 0 aromatic heterocycles. The highest BCUT2D eigenvalue weighted by Crippen LogP contribution is 2.06. The fourth-order valence-corrected chi connectivity index (χ4v) is 2.51. The summed E-state index contributed by atoms with van der Waals surface area (Å²) in [6.45, 7) is 0.0328. The lowest BCUT2D eigenvalue weighted by Crippen LogP contribution is -2.37. The molecule has 0 spiro atoms. The molecule has 2 aromatic carbocycles. The van der Waals surface area contributed by atoms with Gasteiger partial charge in [-0.15, -0.1) is 0 Å². The van der Waals surface area contributed by atoms with Crippen LogP contribution in [0.3, 0.4) is 0 Å². The van der Waals surface area contributed by atoms with Gasteiger partial charge < -0.3 is 15.3 Å². The second-order valence-corrected chi connectivity index (χ2v) is 5.89. The molecule has 136 valence electrons. The molecule has 6 heteroatoms. The lowest BCUT2D eigenvalue weighted by Gasteiger charge is -2.21. The van der Waals surface area contributed by atoms with E-state index in [0.29, 0.717) is 0 Å². The molecule has 0 unspecified atom stereocenters. The van der Waals surface area contributed by atoms with Crippen LogP contribution < -0.4 is 5.32 Å². The number of carboxylic acids is 1. The number of aliphatic carboxylic acids is 1. The molecule has 2 N–H and O–H groups in total. The summed E-state index contributed by atoms with van der Waals surface area (Å²) in [7, 11) is 0. The normalized spacial score (nSPS) is 10.2. The number of benzene rings is 2. The Kier molecular flexibility index (Phi) is 7.36. The lowest BCUT2D eigenvalue weighted by molar-refractivity contribution is -0.145. The van der Waals surface area contributed by atoms with Crippen molar-refractivity contribution in [1.82, 2.24) is 10.2 Å². The van der Waals surface area contributed by atoms with Crippen molar-refractivity contribution < 1.29 is 19.5 Å². The topological polar surface area (TPSA) is 86.7 Å². The third-order valence-corrected chi connectivity index (χ3v) is 3.76. The molecule has 2 aromatic rings. The highest BCUT2D eigenvalue weighted by Gasteiger charge is 2.17. The van der Waals surface area contributed by atoms with E-state index in [1.807, 2.05) is 60.7 Å². The first kappa shape index (κ1) is 19.2. The van der Waals surface area contributed by atoms with Crippen LogP contribution in [0.4, 0.5) is 0 Å². The minimum absolute atomic E-state index is 0.0562. The second kappa shape index (κ2) is 9.98. The van der Waals surface area contributed by atoms with Gasteiger partial charge in [-0.1, -0.05) is 60.7 Å². The quantitative estimate of drug-likeness (QED) is 0.719. The highest BCUT2D eigenvalue weighted by molar-refractivity contribution is 5.82. The van der Waals surface area contributed by atoms with Crippen molar-refractivity contribution in [3.63, 3.8) is 0 Å². The molecule has 0 aliphatic rings. The maximum absolute atomic E-state index is 12.3. The molecule has 0 aliphatic carbocycles. The number of carbonyl (C=O) groups is 3. The van der Waals surface area contributed by atoms with Crippen molar-refractivity contribution in [3.05, 3.63) is 71.8 Å². The summed E-state index contributed by atoms with van der Waals surface area (Å²) in [4.78, 5) is 36.5. The smallest absolute Gasteiger partial charge is 0.323 e. The van der Waals surface area contributed by atoms with E-state index in [4.69, 9.17) is 5.11 Å². The number of amides is 2. The van der Waals surface area contributed by atoms with E-state index in [2.05, 4.69) is 5.32 Å². The maximum Gasteiger partial charge on any atom is 0.323 e. The summed E-state index contributed by atoms with van der Waals surface area (Å²) in [6.07, 6.45) is 0.304. The van der Waals surface area contributed by atoms with Gasteiger partial charge in [-0.25, -0.2) is 0 Å². The van der Waals surface area contributed by atoms with Gasteiger partial charge in [0.15, 0.2) is 0 Å². The van der Waals surface area contributed by atoms with Crippen molar-refractivity contribution in [2.75, 3.05) is 13.1 Å². The number of rotatable bonds is 9. The lowest BCUT2D eigenvalue weighted by atomic mass is 10.1. The maximum atomic E-state index is 12.3. The zero-order chi connectivity index (χ0) is 18.8. The number of carboxylic acid groups (broad SMARTS) is 1. The van der Waals surface area contributed by atoms with Crippen LogP contribution in [0.15, 0.2) is 60.7 Å². The minimum Gasteiger partial charge on any atom is -0.480 e. The van der Waals surface area contributed by atoms with Gasteiger partial charge in [0.05, 0.1) is 6.42 Å². The van der Waals surface area contributed by atoms with E-state index in [0.717, 1.165) is 11.1 Å². The highest BCUT2D eigenvalue weighted by atomic mass is 16.4. The SMILES string of the molecule is O=C(O)CN(Cc1ccccc1)C(=O)CCNC(=O)Cc1ccccc1. The van der Waals surface area contributed by atoms with Gasteiger partial charge in [0.2, 0.25) is 11.8 Å². The first-order valence-electron chi connectivity index (χ1n) is 8.38. The second-order valence-electron chi connectivity index (χ2n) is 5.89. The Balaban J connectivity index is 1.82. The summed E-state index contributed by atoms with van der Waals surface area (Å²) >= 11 is 0. The third kappa shape index (κ3) is 6.76. The van der Waals surface area contributed by atoms with Gasteiger partial charge in [-0.2, -0.15) is 0 Å². The van der Waals surface area contributed by atoms with E-state index in [1.165, 1.54) is 4.90 Å². The number of nitrogens with zero attached hydrogens (tertiary/aromatic N) is 1.